The summed E-state index contributed by atoms with van der Waals surface area (Å²) in [6.07, 6.45) is 3.51. The number of rotatable bonds is 9. The minimum atomic E-state index is -0.535. The van der Waals surface area contributed by atoms with Crippen LogP contribution < -0.4 is 10.1 Å². The van der Waals surface area contributed by atoms with Crippen molar-refractivity contribution in [3.8, 4) is 5.75 Å². The molecule has 0 aliphatic carbocycles. The molecule has 0 atom stereocenters. The Morgan fingerprint density at radius 1 is 1.36 bits per heavy atom. The summed E-state index contributed by atoms with van der Waals surface area (Å²) in [7, 11) is 1.71. The van der Waals surface area contributed by atoms with Gasteiger partial charge in [0, 0.05) is 42.5 Å². The first-order valence-electron chi connectivity index (χ1n) is 8.96. The van der Waals surface area contributed by atoms with E-state index in [1.54, 1.807) is 31.5 Å². The number of anilines is 2. The van der Waals surface area contributed by atoms with Gasteiger partial charge in [0.25, 0.3) is 0 Å². The molecule has 0 unspecified atom stereocenters. The van der Waals surface area contributed by atoms with Crippen LogP contribution >= 0.6 is 0 Å². The highest BCUT2D eigenvalue weighted by atomic mass is 19.1. The van der Waals surface area contributed by atoms with Crippen LogP contribution in [0.5, 0.6) is 5.75 Å². The molecule has 28 heavy (non-hydrogen) atoms. The lowest BCUT2D eigenvalue weighted by Gasteiger charge is -2.10. The number of nitrogens with zero attached hydrogens (tertiary/aromatic N) is 3. The molecule has 3 rings (SSSR count). The number of aromatic nitrogens is 2. The zero-order valence-electron chi connectivity index (χ0n) is 15.7. The van der Waals surface area contributed by atoms with E-state index < -0.39 is 6.67 Å². The summed E-state index contributed by atoms with van der Waals surface area (Å²) in [5, 5.41) is 13.6. The number of nitrogens with one attached hydrogen (secondary N) is 1. The highest BCUT2D eigenvalue weighted by molar-refractivity contribution is 6.02. The first-order chi connectivity index (χ1) is 13.7. The maximum absolute atomic E-state index is 12.3. The summed E-state index contributed by atoms with van der Waals surface area (Å²) in [6.45, 7) is 3.76. The summed E-state index contributed by atoms with van der Waals surface area (Å²) >= 11 is 0. The number of ether oxygens (including phenoxy) is 1. The highest BCUT2D eigenvalue weighted by Gasteiger charge is 2.15. The molecule has 0 spiro atoms. The van der Waals surface area contributed by atoms with Crippen molar-refractivity contribution in [1.29, 1.82) is 0 Å². The fourth-order valence-electron chi connectivity index (χ4n) is 3.11. The van der Waals surface area contributed by atoms with Gasteiger partial charge in [-0.1, -0.05) is 12.6 Å². The lowest BCUT2D eigenvalue weighted by molar-refractivity contribution is 0.273. The Balaban J connectivity index is 2.00. The normalized spacial score (nSPS) is 11.2. The van der Waals surface area contributed by atoms with E-state index in [1.165, 1.54) is 0 Å². The standard InChI is InChI=1S/C21H23FN4O2/c1-3-19-18(14-23-2)17-7-8-20(25-21(17)26(19)10-11-27)24-15-5-4-6-16(13-15)28-12-9-22/h3-8,13-14,27H,1,9-12H2,2H3,(H,24,25). The van der Waals surface area contributed by atoms with Crippen LogP contribution in [0.25, 0.3) is 17.1 Å². The van der Waals surface area contributed by atoms with E-state index in [2.05, 4.69) is 16.9 Å². The molecule has 1 aromatic carbocycles. The summed E-state index contributed by atoms with van der Waals surface area (Å²) in [4.78, 5) is 8.85. The first kappa shape index (κ1) is 19.6. The number of benzene rings is 1. The van der Waals surface area contributed by atoms with Gasteiger partial charge >= 0.3 is 0 Å². The van der Waals surface area contributed by atoms with Gasteiger partial charge in [-0.2, -0.15) is 0 Å². The van der Waals surface area contributed by atoms with Gasteiger partial charge < -0.3 is 19.7 Å². The summed E-state index contributed by atoms with van der Waals surface area (Å²) in [5.74, 6) is 1.23. The second-order valence-corrected chi connectivity index (χ2v) is 6.02. The third kappa shape index (κ3) is 4.04. The Morgan fingerprint density at radius 3 is 2.93 bits per heavy atom. The van der Waals surface area contributed by atoms with E-state index in [9.17, 15) is 9.50 Å². The minimum Gasteiger partial charge on any atom is -0.491 e. The molecule has 6 nitrogen and oxygen atoms in total. The molecule has 0 amide bonds. The number of aliphatic hydroxyl groups is 1. The number of halogens is 1. The maximum Gasteiger partial charge on any atom is 0.143 e. The molecule has 0 fully saturated rings. The third-order valence-electron chi connectivity index (χ3n) is 4.22. The predicted octanol–water partition coefficient (Wildman–Crippen LogP) is 3.81. The number of hydrogen-bond donors (Lipinski definition) is 2. The van der Waals surface area contributed by atoms with Crippen molar-refractivity contribution in [2.75, 3.05) is 32.3 Å². The van der Waals surface area contributed by atoms with Gasteiger partial charge in [0.15, 0.2) is 0 Å². The molecular weight excluding hydrogens is 359 g/mol. The van der Waals surface area contributed by atoms with Crippen LogP contribution in [-0.4, -0.2) is 47.8 Å². The van der Waals surface area contributed by atoms with E-state index in [1.807, 2.05) is 28.8 Å². The fourth-order valence-corrected chi connectivity index (χ4v) is 3.11. The highest BCUT2D eigenvalue weighted by Crippen LogP contribution is 2.28. The summed E-state index contributed by atoms with van der Waals surface area (Å²) < 4.78 is 19.6. The Kier molecular flexibility index (Phi) is 6.39. The van der Waals surface area contributed by atoms with Crippen LogP contribution in [0.4, 0.5) is 15.9 Å². The number of aliphatic imine (C=N–C) groups is 1. The van der Waals surface area contributed by atoms with Crippen LogP contribution in [0.2, 0.25) is 0 Å². The molecule has 146 valence electrons. The molecule has 0 aliphatic heterocycles. The van der Waals surface area contributed by atoms with E-state index in [0.29, 0.717) is 18.1 Å². The third-order valence-corrected chi connectivity index (χ3v) is 4.22. The van der Waals surface area contributed by atoms with Crippen molar-refractivity contribution in [2.45, 2.75) is 6.54 Å². The van der Waals surface area contributed by atoms with Crippen LogP contribution in [0, 0.1) is 0 Å². The lowest BCUT2D eigenvalue weighted by atomic mass is 10.2. The van der Waals surface area contributed by atoms with Gasteiger partial charge in [-0.25, -0.2) is 9.37 Å². The zero-order valence-corrected chi connectivity index (χ0v) is 15.7. The monoisotopic (exact) mass is 382 g/mol. The molecule has 7 heteroatoms. The largest absolute Gasteiger partial charge is 0.491 e. The topological polar surface area (TPSA) is 71.7 Å². The minimum absolute atomic E-state index is 0.0133. The summed E-state index contributed by atoms with van der Waals surface area (Å²) in [6, 6.07) is 11.1. The van der Waals surface area contributed by atoms with E-state index >= 15 is 0 Å². The van der Waals surface area contributed by atoms with Crippen molar-refractivity contribution in [3.05, 3.63) is 54.2 Å². The number of aliphatic hydroxyl groups excluding tert-OH is 1. The molecule has 0 aliphatic rings. The van der Waals surface area contributed by atoms with Crippen molar-refractivity contribution in [1.82, 2.24) is 9.55 Å². The molecule has 0 bridgehead atoms. The maximum atomic E-state index is 12.3. The lowest BCUT2D eigenvalue weighted by Crippen LogP contribution is -2.06. The fraction of sp³-hybridized carbons (Fsp3) is 0.238. The Bertz CT molecular complexity index is 997. The number of fused-ring (bicyclic) bond motifs is 1. The van der Waals surface area contributed by atoms with Crippen LogP contribution in [-0.2, 0) is 6.54 Å². The number of hydrogen-bond acceptors (Lipinski definition) is 5. The Morgan fingerprint density at radius 2 is 2.21 bits per heavy atom. The number of pyridine rings is 1. The van der Waals surface area contributed by atoms with Crippen molar-refractivity contribution < 1.29 is 14.2 Å². The van der Waals surface area contributed by atoms with Crippen molar-refractivity contribution >= 4 is 34.8 Å². The van der Waals surface area contributed by atoms with Gasteiger partial charge in [0.05, 0.1) is 12.3 Å². The number of alkyl halides is 1. The second kappa shape index (κ2) is 9.14. The quantitative estimate of drug-likeness (QED) is 0.552. The smallest absolute Gasteiger partial charge is 0.143 e. The molecule has 0 radical (unpaired) electrons. The van der Waals surface area contributed by atoms with Crippen molar-refractivity contribution in [3.63, 3.8) is 0 Å². The van der Waals surface area contributed by atoms with Gasteiger partial charge in [-0.3, -0.25) is 4.99 Å². The molecular formula is C21H23FN4O2. The SMILES string of the molecule is C=Cc1c(C=NC)c2ccc(Nc3cccc(OCCF)c3)nc2n1CCO. The molecule has 2 heterocycles. The zero-order chi connectivity index (χ0) is 19.9. The van der Waals surface area contributed by atoms with Crippen LogP contribution in [0.3, 0.4) is 0 Å². The van der Waals surface area contributed by atoms with E-state index in [4.69, 9.17) is 9.72 Å². The van der Waals surface area contributed by atoms with Crippen LogP contribution in [0.1, 0.15) is 11.3 Å². The average molecular weight is 382 g/mol. The van der Waals surface area contributed by atoms with E-state index in [-0.39, 0.29) is 13.2 Å². The molecule has 2 aromatic heterocycles. The predicted molar refractivity (Wildman–Crippen MR) is 112 cm³/mol. The Labute approximate surface area is 163 Å². The average Bonchev–Trinajstić information content (AvgIpc) is 2.99. The van der Waals surface area contributed by atoms with Gasteiger partial charge in [-0.05, 0) is 30.3 Å². The van der Waals surface area contributed by atoms with Gasteiger partial charge in [-0.15, -0.1) is 0 Å². The van der Waals surface area contributed by atoms with Gasteiger partial charge in [0.2, 0.25) is 0 Å². The van der Waals surface area contributed by atoms with Gasteiger partial charge in [0.1, 0.15) is 30.5 Å². The summed E-state index contributed by atoms with van der Waals surface area (Å²) in [5.41, 5.74) is 3.29. The van der Waals surface area contributed by atoms with E-state index in [0.717, 1.165) is 28.0 Å². The van der Waals surface area contributed by atoms with Crippen molar-refractivity contribution in [2.24, 2.45) is 4.99 Å². The molecule has 0 saturated heterocycles. The molecule has 3 aromatic rings. The molecule has 0 saturated carbocycles. The first-order valence-corrected chi connectivity index (χ1v) is 8.96. The Hall–Kier alpha value is -3.19. The second-order valence-electron chi connectivity index (χ2n) is 6.02. The van der Waals surface area contributed by atoms with Crippen LogP contribution in [0.15, 0.2) is 48.0 Å². The molecule has 2 N–H and O–H groups in total.